The Labute approximate surface area is 207 Å². The largest absolute Gasteiger partial charge is 0.493 e. The smallest absolute Gasteiger partial charge is 0.393 e. The summed E-state index contributed by atoms with van der Waals surface area (Å²) in [7, 11) is -3.52. The number of aliphatic hydroxyl groups excluding tert-OH is 1. The Kier molecular flexibility index (Phi) is 7.50. The average molecular weight is 519 g/mol. The van der Waals surface area contributed by atoms with Crippen molar-refractivity contribution in [2.24, 2.45) is 0 Å². The lowest BCUT2D eigenvalue weighted by molar-refractivity contribution is 0.127. The maximum atomic E-state index is 12.3. The molecule has 0 fully saturated rings. The molecule has 0 amide bonds. The molecule has 0 radical (unpaired) electrons. The van der Waals surface area contributed by atoms with Gasteiger partial charge < -0.3 is 33.6 Å². The van der Waals surface area contributed by atoms with Crippen LogP contribution in [0.25, 0.3) is 11.0 Å². The van der Waals surface area contributed by atoms with Crippen LogP contribution < -0.4 is 13.8 Å². The van der Waals surface area contributed by atoms with Gasteiger partial charge in [0, 0.05) is 43.8 Å². The van der Waals surface area contributed by atoms with Crippen molar-refractivity contribution in [3.8, 4) is 11.6 Å². The van der Waals surface area contributed by atoms with Gasteiger partial charge in [0.05, 0.1) is 30.4 Å². The summed E-state index contributed by atoms with van der Waals surface area (Å²) in [6.45, 7) is 2.53. The van der Waals surface area contributed by atoms with Crippen LogP contribution in [0.15, 0.2) is 59.6 Å². The summed E-state index contributed by atoms with van der Waals surface area (Å²) < 4.78 is 18.9. The third-order valence-electron chi connectivity index (χ3n) is 5.49. The van der Waals surface area contributed by atoms with Crippen molar-refractivity contribution in [2.75, 3.05) is 24.1 Å². The van der Waals surface area contributed by atoms with Crippen molar-refractivity contribution >= 4 is 37.7 Å². The average Bonchev–Trinajstić information content (AvgIpc) is 3.45. The summed E-state index contributed by atoms with van der Waals surface area (Å²) in [6, 6.07) is 8.28. The van der Waals surface area contributed by atoms with Gasteiger partial charge in [0.25, 0.3) is 5.88 Å². The second-order valence-corrected chi connectivity index (χ2v) is 10.4. The van der Waals surface area contributed by atoms with E-state index in [1.807, 2.05) is 6.92 Å². The number of aromatic nitrogens is 2. The zero-order chi connectivity index (χ0) is 25.7. The van der Waals surface area contributed by atoms with Crippen molar-refractivity contribution in [1.82, 2.24) is 14.4 Å². The van der Waals surface area contributed by atoms with Crippen LogP contribution in [0.2, 0.25) is 0 Å². The van der Waals surface area contributed by atoms with E-state index in [0.29, 0.717) is 29.5 Å². The number of ether oxygens (including phenoxy) is 2. The molecule has 0 bridgehead atoms. The molecular weight excluding hydrogens is 492 g/mol. The Morgan fingerprint density at radius 2 is 1.83 bits per heavy atom. The van der Waals surface area contributed by atoms with Crippen LogP contribution in [0.4, 0.5) is 15.3 Å². The molecule has 0 spiro atoms. The molecule has 1 aliphatic heterocycles. The summed E-state index contributed by atoms with van der Waals surface area (Å²) in [6.07, 6.45) is 5.34. The fourth-order valence-corrected chi connectivity index (χ4v) is 6.13. The number of fused-ring (bicyclic) bond motifs is 1. The summed E-state index contributed by atoms with van der Waals surface area (Å²) in [5.74, 6) is 0.943. The number of benzene rings is 1. The van der Waals surface area contributed by atoms with Gasteiger partial charge in [-0.1, -0.05) is 0 Å². The first kappa shape index (κ1) is 25.1. The predicted octanol–water partition coefficient (Wildman–Crippen LogP) is 4.43. The molecule has 1 atom stereocenters. The van der Waals surface area contributed by atoms with Gasteiger partial charge in [0.1, 0.15) is 16.1 Å². The Morgan fingerprint density at radius 1 is 1.08 bits per heavy atom. The number of carbonyl (C=O) groups is 2. The monoisotopic (exact) mass is 518 g/mol. The highest BCUT2D eigenvalue weighted by atomic mass is 32.3. The lowest BCUT2D eigenvalue weighted by Crippen LogP contribution is -2.40. The van der Waals surface area contributed by atoms with Crippen molar-refractivity contribution in [1.29, 1.82) is 0 Å². The van der Waals surface area contributed by atoms with Gasteiger partial charge in [-0.25, -0.2) is 9.59 Å². The molecule has 0 saturated carbocycles. The van der Waals surface area contributed by atoms with Crippen molar-refractivity contribution in [3.63, 3.8) is 0 Å². The fraction of sp³-hybridized carbons (Fsp3) is 0.304. The topological polar surface area (TPSA) is 159 Å². The normalized spacial score (nSPS) is 16.2. The third-order valence-corrected chi connectivity index (χ3v) is 8.35. The number of hydrogen-bond donors (Lipinski definition) is 3. The van der Waals surface area contributed by atoms with Gasteiger partial charge in [-0.3, -0.25) is 9.29 Å². The Hall–Kier alpha value is -3.97. The van der Waals surface area contributed by atoms with E-state index in [4.69, 9.17) is 14.0 Å². The van der Waals surface area contributed by atoms with Gasteiger partial charge in [0.2, 0.25) is 0 Å². The molecule has 192 valence electrons. The minimum atomic E-state index is -3.52. The molecular formula is C23H26N4O8S. The first-order valence-corrected chi connectivity index (χ1v) is 12.7. The molecule has 1 aliphatic rings. The van der Waals surface area contributed by atoms with E-state index >= 15 is 0 Å². The zero-order valence-electron chi connectivity index (χ0n) is 19.4. The van der Waals surface area contributed by atoms with Crippen LogP contribution in [0.3, 0.4) is 0 Å². The third kappa shape index (κ3) is 4.75. The van der Waals surface area contributed by atoms with Crippen molar-refractivity contribution in [2.45, 2.75) is 25.9 Å². The van der Waals surface area contributed by atoms with Crippen LogP contribution in [-0.4, -0.2) is 66.2 Å². The highest BCUT2D eigenvalue weighted by molar-refractivity contribution is 8.54. The van der Waals surface area contributed by atoms with Crippen LogP contribution in [0.1, 0.15) is 19.8 Å². The molecule has 4 rings (SSSR count). The number of anilines is 1. The molecule has 3 N–H and O–H groups in total. The maximum absolute atomic E-state index is 12.3. The molecule has 12 nitrogen and oxygen atoms in total. The van der Waals surface area contributed by atoms with Crippen LogP contribution in [0.5, 0.6) is 11.6 Å². The van der Waals surface area contributed by atoms with Crippen LogP contribution in [0, 0.1) is 0 Å². The molecule has 1 aromatic carbocycles. The second kappa shape index (κ2) is 10.7. The van der Waals surface area contributed by atoms with Crippen molar-refractivity contribution < 1.29 is 38.9 Å². The second-order valence-electron chi connectivity index (χ2n) is 7.71. The lowest BCUT2D eigenvalue weighted by Gasteiger charge is -2.42. The van der Waals surface area contributed by atoms with Gasteiger partial charge in [0.15, 0.2) is 5.58 Å². The van der Waals surface area contributed by atoms with Gasteiger partial charge in [-0.2, -0.15) is 0 Å². The summed E-state index contributed by atoms with van der Waals surface area (Å²) in [4.78, 5) is 28.5. The summed E-state index contributed by atoms with van der Waals surface area (Å²) in [5.41, 5.74) is 0.910. The predicted molar refractivity (Wildman–Crippen MR) is 132 cm³/mol. The van der Waals surface area contributed by atoms with Gasteiger partial charge >= 0.3 is 10.6 Å². The molecule has 13 heteroatoms. The Morgan fingerprint density at radius 3 is 2.53 bits per heavy atom. The molecule has 3 aromatic rings. The van der Waals surface area contributed by atoms with E-state index in [1.54, 1.807) is 30.3 Å². The minimum absolute atomic E-state index is 0.0252. The molecule has 3 heterocycles. The van der Waals surface area contributed by atoms with E-state index in [2.05, 4.69) is 10.1 Å². The molecule has 2 aromatic heterocycles. The van der Waals surface area contributed by atoms with E-state index in [0.717, 1.165) is 5.39 Å². The highest BCUT2D eigenvalue weighted by Gasteiger charge is 2.53. The molecule has 36 heavy (non-hydrogen) atoms. The minimum Gasteiger partial charge on any atom is -0.493 e. The van der Waals surface area contributed by atoms with E-state index in [9.17, 15) is 24.9 Å². The highest BCUT2D eigenvalue weighted by Crippen LogP contribution is 2.61. The number of aliphatic hydroxyl groups is 1. The van der Waals surface area contributed by atoms with Crippen LogP contribution >= 0.6 is 10.4 Å². The zero-order valence-corrected chi connectivity index (χ0v) is 20.2. The number of pyridine rings is 1. The summed E-state index contributed by atoms with van der Waals surface area (Å²) >= 11 is 0. The summed E-state index contributed by atoms with van der Waals surface area (Å²) in [5, 5.41) is 32.1. The fourth-order valence-electron chi connectivity index (χ4n) is 3.76. The van der Waals surface area contributed by atoms with Gasteiger partial charge in [-0.15, -0.1) is 0 Å². The first-order valence-electron chi connectivity index (χ1n) is 11.1. The van der Waals surface area contributed by atoms with E-state index < -0.39 is 27.1 Å². The molecule has 1 unspecified atom stereocenters. The molecule has 0 saturated heterocycles. The Bertz CT molecular complexity index is 1240. The number of nitrogens with zero attached hydrogens (tertiary/aromatic N) is 4. The van der Waals surface area contributed by atoms with Crippen molar-refractivity contribution in [3.05, 3.63) is 55.1 Å². The number of rotatable bonds is 10. The number of carboxylic acid groups (broad SMARTS) is 2. The quantitative estimate of drug-likeness (QED) is 0.347. The first-order chi connectivity index (χ1) is 17.4. The lowest BCUT2D eigenvalue weighted by atomic mass is 10.2. The number of hydrogen-bond acceptors (Lipinski definition) is 10. The Balaban J connectivity index is 1.35. The van der Waals surface area contributed by atoms with E-state index in [1.165, 1.54) is 33.4 Å². The van der Waals surface area contributed by atoms with Gasteiger partial charge in [-0.05, 0) is 42.8 Å². The maximum Gasteiger partial charge on any atom is 0.393 e. The van der Waals surface area contributed by atoms with E-state index in [-0.39, 0.29) is 26.0 Å². The molecule has 0 aliphatic carbocycles. The van der Waals surface area contributed by atoms with Crippen LogP contribution in [-0.2, 0) is 0 Å². The standard InChI is InChI=1S/C23H26N4O8S/c1-2-33-21-19-4-3-18(15-20(19)35-25-21)34-14-8-17(28)7-11-26-12-13-27(16-5-9-24-10-6-16)36(26,22(29)30)23(31)32/h3-6,9-10,12-13,15,17,28H,2,7-8,11,14H2,1H3,(H,29,30)(H,31,32). The SMILES string of the molecule is CCOc1noc2cc(OCCC(O)CCN3C=CN(c4ccncc4)S3(C(=O)O)C(=O)O)ccc12.